The molecule has 2 aromatic rings. The van der Waals surface area contributed by atoms with E-state index in [1.165, 1.54) is 13.0 Å². The van der Waals surface area contributed by atoms with Crippen LogP contribution in [0.25, 0.3) is 5.83 Å². The Hall–Kier alpha value is -1.74. The van der Waals surface area contributed by atoms with Crippen molar-refractivity contribution in [2.45, 2.75) is 37.4 Å². The molecule has 0 aliphatic heterocycles. The molecule has 2 nitrogen and oxygen atoms in total. The van der Waals surface area contributed by atoms with Gasteiger partial charge in [-0.2, -0.15) is 51.3 Å². The summed E-state index contributed by atoms with van der Waals surface area (Å²) >= 11 is 6.55. The molecular weight excluding hydrogens is 688 g/mol. The van der Waals surface area contributed by atoms with E-state index in [0.29, 0.717) is 28.4 Å². The van der Waals surface area contributed by atoms with Crippen LogP contribution >= 0.6 is 43.6 Å². The van der Waals surface area contributed by atoms with Gasteiger partial charge in [0.05, 0.1) is 16.9 Å². The highest BCUT2D eigenvalue weighted by Crippen LogP contribution is 2.41. The first-order valence-corrected chi connectivity index (χ1v) is 13.1. The number of alkyl halides is 9. The Labute approximate surface area is 231 Å². The second-order valence-corrected chi connectivity index (χ2v) is 10.7. The van der Waals surface area contributed by atoms with Crippen LogP contribution < -0.4 is 5.32 Å². The van der Waals surface area contributed by atoms with Crippen LogP contribution in [0.3, 0.4) is 0 Å². The van der Waals surface area contributed by atoms with Crippen molar-refractivity contribution in [1.29, 1.82) is 0 Å². The molecule has 0 saturated carbocycles. The largest absolute Gasteiger partial charge is 0.417 e. The van der Waals surface area contributed by atoms with E-state index >= 15 is 0 Å². The number of allylic oxidation sites excluding steroid dienone is 1. The van der Waals surface area contributed by atoms with Crippen molar-refractivity contribution in [3.8, 4) is 0 Å². The predicted octanol–water partition coefficient (Wildman–Crippen LogP) is 9.30. The molecule has 0 aliphatic carbocycles. The first-order valence-electron chi connectivity index (χ1n) is 10.4. The van der Waals surface area contributed by atoms with Gasteiger partial charge in [0, 0.05) is 26.3 Å². The summed E-state index contributed by atoms with van der Waals surface area (Å²) in [5, 5.41) is 2.13. The topological polar surface area (TPSA) is 29.1 Å². The summed E-state index contributed by atoms with van der Waals surface area (Å²) in [7, 11) is 0. The molecule has 210 valence electrons. The van der Waals surface area contributed by atoms with Gasteiger partial charge in [-0.1, -0.05) is 12.1 Å². The lowest BCUT2D eigenvalue weighted by molar-refractivity contribution is -0.140. The van der Waals surface area contributed by atoms with Gasteiger partial charge in [0.2, 0.25) is 0 Å². The zero-order valence-electron chi connectivity index (χ0n) is 19.0. The van der Waals surface area contributed by atoms with Gasteiger partial charge in [0.25, 0.3) is 5.91 Å². The molecule has 0 spiro atoms. The Morgan fingerprint density at radius 1 is 0.974 bits per heavy atom. The Bertz CT molecular complexity index is 1180. The average molecular weight is 705 g/mol. The van der Waals surface area contributed by atoms with E-state index < -0.39 is 64.7 Å². The van der Waals surface area contributed by atoms with Gasteiger partial charge in [0.15, 0.2) is 0 Å². The van der Waals surface area contributed by atoms with E-state index in [4.69, 9.17) is 0 Å². The van der Waals surface area contributed by atoms with E-state index in [9.17, 15) is 48.7 Å². The van der Waals surface area contributed by atoms with Crippen LogP contribution in [-0.2, 0) is 6.18 Å². The van der Waals surface area contributed by atoms with Gasteiger partial charge in [-0.15, -0.1) is 0 Å². The molecule has 38 heavy (non-hydrogen) atoms. The van der Waals surface area contributed by atoms with E-state index in [-0.39, 0.29) is 27.9 Å². The maximum Gasteiger partial charge on any atom is 0.417 e. The fourth-order valence-electron chi connectivity index (χ4n) is 3.15. The van der Waals surface area contributed by atoms with Crippen LogP contribution in [-0.4, -0.2) is 35.8 Å². The second kappa shape index (κ2) is 12.6. The summed E-state index contributed by atoms with van der Waals surface area (Å²) in [6.45, 7) is 1.28. The summed E-state index contributed by atoms with van der Waals surface area (Å²) in [4.78, 5) is 12.4. The van der Waals surface area contributed by atoms with Crippen LogP contribution in [0, 0.1) is 0 Å². The van der Waals surface area contributed by atoms with Crippen LogP contribution in [0.15, 0.2) is 51.4 Å². The molecule has 2 atom stereocenters. The number of hydrogen-bond donors (Lipinski definition) is 1. The molecule has 0 aliphatic rings. The quantitative estimate of drug-likeness (QED) is 0.278. The normalized spacial score (nSPS) is 14.8. The van der Waals surface area contributed by atoms with Crippen molar-refractivity contribution in [3.63, 3.8) is 0 Å². The van der Waals surface area contributed by atoms with Crippen molar-refractivity contribution in [3.05, 3.63) is 73.7 Å². The third-order valence-corrected chi connectivity index (χ3v) is 7.97. The number of nitrogens with one attached hydrogen (secondary N) is 1. The number of carbonyl (C=O) groups is 1. The van der Waals surface area contributed by atoms with Crippen LogP contribution in [0.1, 0.15) is 39.9 Å². The SMILES string of the molecule is C[C@H](CSCC(F)(F)F)NC(=O)c1ccc(/C(F)=C/C(c2ccc(Br)c(Br)c2)C(F)(F)F)cc1C(F)(F)F. The number of thioether (sulfide) groups is 1. The van der Waals surface area contributed by atoms with Crippen molar-refractivity contribution in [2.24, 2.45) is 0 Å². The number of rotatable bonds is 8. The number of benzene rings is 2. The zero-order chi connectivity index (χ0) is 29.1. The molecule has 0 saturated heterocycles. The maximum absolute atomic E-state index is 14.9. The molecule has 15 heteroatoms. The molecule has 1 N–H and O–H groups in total. The van der Waals surface area contributed by atoms with Crippen molar-refractivity contribution >= 4 is 55.4 Å². The minimum atomic E-state index is -5.20. The van der Waals surface area contributed by atoms with Gasteiger partial charge >= 0.3 is 18.5 Å². The lowest BCUT2D eigenvalue weighted by Crippen LogP contribution is -2.35. The molecular formula is C23H17Br2F10NOS. The second-order valence-electron chi connectivity index (χ2n) is 7.97. The van der Waals surface area contributed by atoms with Crippen LogP contribution in [0.2, 0.25) is 0 Å². The molecule has 2 aromatic carbocycles. The minimum Gasteiger partial charge on any atom is -0.349 e. The molecule has 0 fully saturated rings. The summed E-state index contributed by atoms with van der Waals surface area (Å²) in [5.41, 5.74) is -3.83. The molecule has 0 radical (unpaired) electrons. The van der Waals surface area contributed by atoms with Gasteiger partial charge in [-0.05, 0) is 74.7 Å². The summed E-state index contributed by atoms with van der Waals surface area (Å²) in [5.74, 6) is -6.88. The fraction of sp³-hybridized carbons (Fsp3) is 0.348. The lowest BCUT2D eigenvalue weighted by atomic mass is 9.95. The molecule has 1 amide bonds. The summed E-state index contributed by atoms with van der Waals surface area (Å²) < 4.78 is 134. The molecule has 0 heterocycles. The third kappa shape index (κ3) is 9.47. The predicted molar refractivity (Wildman–Crippen MR) is 131 cm³/mol. The highest BCUT2D eigenvalue weighted by atomic mass is 79.9. The summed E-state index contributed by atoms with van der Waals surface area (Å²) in [6.07, 6.45) is -14.5. The number of amides is 1. The Morgan fingerprint density at radius 2 is 1.61 bits per heavy atom. The van der Waals surface area contributed by atoms with E-state index in [0.717, 1.165) is 12.1 Å². The van der Waals surface area contributed by atoms with Crippen molar-refractivity contribution < 1.29 is 48.7 Å². The smallest absolute Gasteiger partial charge is 0.349 e. The molecule has 0 bridgehead atoms. The summed E-state index contributed by atoms with van der Waals surface area (Å²) in [6, 6.07) is 3.98. The molecule has 1 unspecified atom stereocenters. The Kier molecular flexibility index (Phi) is 10.8. The van der Waals surface area contributed by atoms with E-state index in [1.807, 2.05) is 0 Å². The van der Waals surface area contributed by atoms with E-state index in [1.54, 1.807) is 0 Å². The molecule has 2 rings (SSSR count). The van der Waals surface area contributed by atoms with Gasteiger partial charge in [0.1, 0.15) is 11.7 Å². The monoisotopic (exact) mass is 703 g/mol. The number of carbonyl (C=O) groups excluding carboxylic acids is 1. The average Bonchev–Trinajstić information content (AvgIpc) is 2.76. The number of hydrogen-bond acceptors (Lipinski definition) is 2. The van der Waals surface area contributed by atoms with Crippen LogP contribution in [0.4, 0.5) is 43.9 Å². The van der Waals surface area contributed by atoms with Gasteiger partial charge in [-0.3, -0.25) is 4.79 Å². The standard InChI is InChI=1S/C23H17Br2F10NOS/c1-11(9-38-10-21(27,28)29)36-20(37)14-4-2-13(6-16(14)23(33,34)35)19(26)8-15(22(30,31)32)12-3-5-17(24)18(25)7-12/h2-8,11,15H,9-10H2,1H3,(H,36,37)/b19-8-/t11-,15?/m1/s1. The van der Waals surface area contributed by atoms with Crippen LogP contribution in [0.5, 0.6) is 0 Å². The highest BCUT2D eigenvalue weighted by molar-refractivity contribution is 9.13. The minimum absolute atomic E-state index is 0.130. The first-order chi connectivity index (χ1) is 17.3. The third-order valence-electron chi connectivity index (χ3n) is 4.82. The maximum atomic E-state index is 14.9. The number of halogens is 12. The highest BCUT2D eigenvalue weighted by Gasteiger charge is 2.41. The van der Waals surface area contributed by atoms with E-state index in [2.05, 4.69) is 37.2 Å². The Balaban J connectivity index is 2.38. The van der Waals surface area contributed by atoms with Crippen molar-refractivity contribution in [2.75, 3.05) is 11.5 Å². The zero-order valence-corrected chi connectivity index (χ0v) is 23.0. The first kappa shape index (κ1) is 32.5. The van der Waals surface area contributed by atoms with Crippen molar-refractivity contribution in [1.82, 2.24) is 5.32 Å². The van der Waals surface area contributed by atoms with Gasteiger partial charge < -0.3 is 5.32 Å². The Morgan fingerprint density at radius 3 is 2.13 bits per heavy atom. The fourth-order valence-corrected chi connectivity index (χ4v) is 4.58. The lowest BCUT2D eigenvalue weighted by Gasteiger charge is -2.19. The molecule has 0 aromatic heterocycles. The van der Waals surface area contributed by atoms with Gasteiger partial charge in [-0.25, -0.2) is 4.39 Å².